The summed E-state index contributed by atoms with van der Waals surface area (Å²) in [5.41, 5.74) is 0.780. The van der Waals surface area contributed by atoms with Gasteiger partial charge in [-0.3, -0.25) is 14.9 Å². The fourth-order valence-corrected chi connectivity index (χ4v) is 5.80. The first-order valence-electron chi connectivity index (χ1n) is 9.22. The molecule has 0 radical (unpaired) electrons. The largest absolute Gasteiger partial charge is 0.352 e. The minimum atomic E-state index is -0.424. The van der Waals surface area contributed by atoms with E-state index in [2.05, 4.69) is 5.32 Å². The Morgan fingerprint density at radius 2 is 1.76 bits per heavy atom. The molecule has 0 saturated heterocycles. The highest BCUT2D eigenvalue weighted by molar-refractivity contribution is 5.92. The zero-order valence-electron chi connectivity index (χ0n) is 14.3. The van der Waals surface area contributed by atoms with Crippen LogP contribution in [0.5, 0.6) is 0 Å². The van der Waals surface area contributed by atoms with Gasteiger partial charge in [0.15, 0.2) is 0 Å². The van der Waals surface area contributed by atoms with Gasteiger partial charge in [-0.15, -0.1) is 0 Å². The van der Waals surface area contributed by atoms with Crippen LogP contribution < -0.4 is 5.32 Å². The predicted octanol–water partition coefficient (Wildman–Crippen LogP) is 3.94. The molecule has 5 heteroatoms. The zero-order chi connectivity index (χ0) is 17.4. The van der Waals surface area contributed by atoms with E-state index in [0.29, 0.717) is 11.0 Å². The van der Waals surface area contributed by atoms with Crippen molar-refractivity contribution in [3.8, 4) is 0 Å². The maximum Gasteiger partial charge on any atom is 0.276 e. The number of hydrogen-bond donors (Lipinski definition) is 1. The molecule has 5 rings (SSSR count). The highest BCUT2D eigenvalue weighted by Crippen LogP contribution is 2.59. The van der Waals surface area contributed by atoms with Crippen molar-refractivity contribution in [2.45, 2.75) is 38.5 Å². The van der Waals surface area contributed by atoms with E-state index >= 15 is 0 Å². The van der Waals surface area contributed by atoms with Crippen LogP contribution in [0.2, 0.25) is 0 Å². The number of benzene rings is 1. The molecule has 4 bridgehead atoms. The van der Waals surface area contributed by atoms with Crippen LogP contribution >= 0.6 is 0 Å². The number of nitrogens with zero attached hydrogens (tertiary/aromatic N) is 1. The minimum Gasteiger partial charge on any atom is -0.352 e. The summed E-state index contributed by atoms with van der Waals surface area (Å²) in [6, 6.07) is 6.47. The maximum atomic E-state index is 12.2. The summed E-state index contributed by atoms with van der Waals surface area (Å²) in [5, 5.41) is 14.1. The highest BCUT2D eigenvalue weighted by Gasteiger charge is 2.50. The SMILES string of the molecule is O=C(C=Cc1ccccc1[N+](=O)[O-])NCC12CC3CC(CC(C3)C1)C2. The van der Waals surface area contributed by atoms with Gasteiger partial charge in [-0.05, 0) is 73.8 Å². The minimum absolute atomic E-state index is 0.0210. The summed E-state index contributed by atoms with van der Waals surface area (Å²) in [4.78, 5) is 22.8. The number of carbonyl (C=O) groups is 1. The molecule has 4 aliphatic carbocycles. The Morgan fingerprint density at radius 3 is 2.36 bits per heavy atom. The molecule has 4 fully saturated rings. The van der Waals surface area contributed by atoms with Gasteiger partial charge in [-0.25, -0.2) is 0 Å². The first-order chi connectivity index (χ1) is 12.0. The number of nitrogens with one attached hydrogen (secondary N) is 1. The first kappa shape index (κ1) is 16.3. The Balaban J connectivity index is 1.38. The Labute approximate surface area is 147 Å². The van der Waals surface area contributed by atoms with E-state index in [4.69, 9.17) is 0 Å². The van der Waals surface area contributed by atoms with Crippen molar-refractivity contribution in [1.82, 2.24) is 5.32 Å². The van der Waals surface area contributed by atoms with Crippen LogP contribution in [0.4, 0.5) is 5.69 Å². The van der Waals surface area contributed by atoms with Gasteiger partial charge < -0.3 is 5.32 Å². The van der Waals surface area contributed by atoms with Crippen molar-refractivity contribution < 1.29 is 9.72 Å². The number of nitro benzene ring substituents is 1. The Morgan fingerprint density at radius 1 is 1.16 bits per heavy atom. The number of rotatable bonds is 5. The summed E-state index contributed by atoms with van der Waals surface area (Å²) < 4.78 is 0. The standard InChI is InChI=1S/C20H24N2O3/c23-19(6-5-17-3-1-2-4-18(17)22(24)25)21-13-20-10-14-7-15(11-20)9-16(8-14)12-20/h1-6,14-16H,7-13H2,(H,21,23). The second-order valence-electron chi connectivity index (χ2n) is 8.28. The van der Waals surface area contributed by atoms with E-state index in [1.807, 2.05) is 0 Å². The third-order valence-corrected chi connectivity index (χ3v) is 6.35. The summed E-state index contributed by atoms with van der Waals surface area (Å²) in [6.45, 7) is 0.747. The van der Waals surface area contributed by atoms with Crippen molar-refractivity contribution in [2.75, 3.05) is 6.54 Å². The van der Waals surface area contributed by atoms with Crippen molar-refractivity contribution in [2.24, 2.45) is 23.2 Å². The molecule has 1 N–H and O–H groups in total. The molecule has 1 aromatic carbocycles. The molecule has 1 aromatic rings. The van der Waals surface area contributed by atoms with Crippen LogP contribution in [0, 0.1) is 33.3 Å². The molecular weight excluding hydrogens is 316 g/mol. The molecule has 0 unspecified atom stereocenters. The van der Waals surface area contributed by atoms with Crippen LogP contribution in [0.25, 0.3) is 6.08 Å². The van der Waals surface area contributed by atoms with Crippen LogP contribution in [0.1, 0.15) is 44.1 Å². The molecule has 132 valence electrons. The number of nitro groups is 1. The quantitative estimate of drug-likeness (QED) is 0.501. The van der Waals surface area contributed by atoms with Gasteiger partial charge in [-0.1, -0.05) is 12.1 Å². The van der Waals surface area contributed by atoms with Crippen LogP contribution in [0.3, 0.4) is 0 Å². The van der Waals surface area contributed by atoms with Crippen molar-refractivity contribution in [3.05, 3.63) is 46.0 Å². The number of amides is 1. The number of carbonyl (C=O) groups excluding carboxylic acids is 1. The Kier molecular flexibility index (Phi) is 4.10. The normalized spacial score (nSPS) is 32.9. The smallest absolute Gasteiger partial charge is 0.276 e. The predicted molar refractivity (Wildman–Crippen MR) is 95.7 cm³/mol. The highest BCUT2D eigenvalue weighted by atomic mass is 16.6. The van der Waals surface area contributed by atoms with Crippen LogP contribution in [-0.4, -0.2) is 17.4 Å². The van der Waals surface area contributed by atoms with Crippen molar-refractivity contribution in [3.63, 3.8) is 0 Å². The van der Waals surface area contributed by atoms with Crippen LogP contribution in [0.15, 0.2) is 30.3 Å². The third-order valence-electron chi connectivity index (χ3n) is 6.35. The average Bonchev–Trinajstić information content (AvgIpc) is 2.57. The lowest BCUT2D eigenvalue weighted by Gasteiger charge is -2.56. The number of para-hydroxylation sites is 1. The lowest BCUT2D eigenvalue weighted by molar-refractivity contribution is -0.385. The molecular formula is C20H24N2O3. The average molecular weight is 340 g/mol. The molecule has 4 aliphatic rings. The second kappa shape index (κ2) is 6.28. The molecule has 1 amide bonds. The maximum absolute atomic E-state index is 12.2. The number of hydrogen-bond acceptors (Lipinski definition) is 3. The van der Waals surface area contributed by atoms with Gasteiger partial charge in [0.1, 0.15) is 0 Å². The molecule has 0 aliphatic heterocycles. The summed E-state index contributed by atoms with van der Waals surface area (Å²) >= 11 is 0. The molecule has 0 atom stereocenters. The summed E-state index contributed by atoms with van der Waals surface area (Å²) in [7, 11) is 0. The summed E-state index contributed by atoms with van der Waals surface area (Å²) in [6.07, 6.45) is 10.9. The van der Waals surface area contributed by atoms with E-state index < -0.39 is 4.92 Å². The van der Waals surface area contributed by atoms with E-state index in [1.165, 1.54) is 56.7 Å². The van der Waals surface area contributed by atoms with E-state index in [1.54, 1.807) is 18.2 Å². The third kappa shape index (κ3) is 3.32. The van der Waals surface area contributed by atoms with E-state index in [-0.39, 0.29) is 11.6 Å². The topological polar surface area (TPSA) is 72.2 Å². The van der Waals surface area contributed by atoms with E-state index in [9.17, 15) is 14.9 Å². The van der Waals surface area contributed by atoms with Crippen molar-refractivity contribution in [1.29, 1.82) is 0 Å². The lowest BCUT2D eigenvalue weighted by atomic mass is 9.49. The monoisotopic (exact) mass is 340 g/mol. The first-order valence-corrected chi connectivity index (χ1v) is 9.22. The zero-order valence-corrected chi connectivity index (χ0v) is 14.3. The van der Waals surface area contributed by atoms with Gasteiger partial charge >= 0.3 is 0 Å². The van der Waals surface area contributed by atoms with Gasteiger partial charge in [0.2, 0.25) is 5.91 Å². The van der Waals surface area contributed by atoms with E-state index in [0.717, 1.165) is 24.3 Å². The van der Waals surface area contributed by atoms with Gasteiger partial charge in [0.25, 0.3) is 5.69 Å². The lowest BCUT2D eigenvalue weighted by Crippen LogP contribution is -2.51. The van der Waals surface area contributed by atoms with Crippen LogP contribution in [-0.2, 0) is 4.79 Å². The molecule has 0 heterocycles. The molecule has 4 saturated carbocycles. The van der Waals surface area contributed by atoms with Gasteiger partial charge in [0, 0.05) is 18.7 Å². The van der Waals surface area contributed by atoms with Gasteiger partial charge in [-0.2, -0.15) is 0 Å². The molecule has 25 heavy (non-hydrogen) atoms. The van der Waals surface area contributed by atoms with Crippen molar-refractivity contribution >= 4 is 17.7 Å². The Hall–Kier alpha value is -2.17. The van der Waals surface area contributed by atoms with Gasteiger partial charge in [0.05, 0.1) is 10.5 Å². The molecule has 0 spiro atoms. The molecule has 0 aromatic heterocycles. The summed E-state index contributed by atoms with van der Waals surface area (Å²) in [5.74, 6) is 2.44. The fraction of sp³-hybridized carbons (Fsp3) is 0.550. The fourth-order valence-electron chi connectivity index (χ4n) is 5.80. The molecule has 5 nitrogen and oxygen atoms in total. The second-order valence-corrected chi connectivity index (χ2v) is 8.28. The Bertz CT molecular complexity index is 690.